The number of carbonyl (C=O) groups excluding carboxylic acids is 4. The van der Waals surface area contributed by atoms with E-state index in [0.717, 1.165) is 16.7 Å². The first kappa shape index (κ1) is 18.5. The maximum absolute atomic E-state index is 12.3. The normalized spacial score (nSPS) is 15.6. The van der Waals surface area contributed by atoms with Gasteiger partial charge in [-0.2, -0.15) is 0 Å². The molecule has 2 rings (SSSR count). The fourth-order valence-corrected chi connectivity index (χ4v) is 2.81. The average molecular weight is 364 g/mol. The third kappa shape index (κ3) is 5.08. The van der Waals surface area contributed by atoms with Crippen molar-refractivity contribution in [1.82, 2.24) is 4.90 Å². The lowest BCUT2D eigenvalue weighted by molar-refractivity contribution is -0.146. The van der Waals surface area contributed by atoms with Crippen LogP contribution in [0, 0.1) is 0 Å². The highest BCUT2D eigenvalue weighted by Crippen LogP contribution is 2.32. The van der Waals surface area contributed by atoms with E-state index in [1.165, 1.54) is 6.08 Å². The van der Waals surface area contributed by atoms with E-state index in [1.54, 1.807) is 31.2 Å². The third-order valence-electron chi connectivity index (χ3n) is 3.00. The first-order valence-electron chi connectivity index (χ1n) is 7.33. The number of imide groups is 1. The largest absolute Gasteiger partial charge is 0.484 e. The van der Waals surface area contributed by atoms with Crippen LogP contribution < -0.4 is 10.5 Å². The number of esters is 1. The summed E-state index contributed by atoms with van der Waals surface area (Å²) in [5, 5.41) is -0.537. The number of ether oxygens (including phenoxy) is 2. The predicted molar refractivity (Wildman–Crippen MR) is 90.4 cm³/mol. The molecule has 2 N–H and O–H groups in total. The summed E-state index contributed by atoms with van der Waals surface area (Å²) in [5.41, 5.74) is 5.62. The molecule has 0 atom stereocenters. The molecule has 0 spiro atoms. The Bertz CT molecular complexity index is 746. The Hall–Kier alpha value is -2.81. The summed E-state index contributed by atoms with van der Waals surface area (Å²) in [4.78, 5) is 47.4. The van der Waals surface area contributed by atoms with Gasteiger partial charge in [-0.1, -0.05) is 12.1 Å². The van der Waals surface area contributed by atoms with Crippen molar-refractivity contribution < 1.29 is 28.7 Å². The van der Waals surface area contributed by atoms with Crippen LogP contribution in [-0.2, 0) is 19.1 Å². The number of primary amides is 1. The molecule has 3 amide bonds. The van der Waals surface area contributed by atoms with E-state index < -0.39 is 29.6 Å². The van der Waals surface area contributed by atoms with Crippen molar-refractivity contribution in [3.63, 3.8) is 0 Å². The molecule has 1 aliphatic heterocycles. The second-order valence-corrected chi connectivity index (χ2v) is 5.89. The first-order chi connectivity index (χ1) is 11.9. The molecule has 25 heavy (non-hydrogen) atoms. The quantitative estimate of drug-likeness (QED) is 0.570. The minimum atomic E-state index is -0.645. The summed E-state index contributed by atoms with van der Waals surface area (Å²) >= 11 is 0.737. The lowest BCUT2D eigenvalue weighted by Crippen LogP contribution is -2.34. The number of amides is 3. The number of nitrogens with two attached hydrogens (primary N) is 1. The molecule has 1 aromatic rings. The van der Waals surface area contributed by atoms with E-state index in [4.69, 9.17) is 15.2 Å². The number of rotatable bonds is 7. The van der Waals surface area contributed by atoms with Crippen LogP contribution in [0.4, 0.5) is 4.79 Å². The van der Waals surface area contributed by atoms with Crippen molar-refractivity contribution in [1.29, 1.82) is 0 Å². The summed E-state index contributed by atoms with van der Waals surface area (Å²) in [6.45, 7) is 1.12. The van der Waals surface area contributed by atoms with E-state index in [0.29, 0.717) is 11.3 Å². The first-order valence-corrected chi connectivity index (χ1v) is 8.14. The van der Waals surface area contributed by atoms with Crippen LogP contribution in [0.1, 0.15) is 12.5 Å². The van der Waals surface area contributed by atoms with Crippen molar-refractivity contribution in [2.75, 3.05) is 19.8 Å². The van der Waals surface area contributed by atoms with Crippen LogP contribution in [-0.4, -0.2) is 47.7 Å². The van der Waals surface area contributed by atoms with Crippen LogP contribution in [0.5, 0.6) is 5.75 Å². The molecule has 1 aliphatic rings. The molecule has 0 saturated carbocycles. The summed E-state index contributed by atoms with van der Waals surface area (Å²) in [7, 11) is 0. The maximum Gasteiger partial charge on any atom is 0.326 e. The molecule has 1 fully saturated rings. The number of thioether (sulfide) groups is 1. The lowest BCUT2D eigenvalue weighted by Gasteiger charge is -2.10. The van der Waals surface area contributed by atoms with Gasteiger partial charge in [-0.3, -0.25) is 24.1 Å². The van der Waals surface area contributed by atoms with Gasteiger partial charge in [-0.15, -0.1) is 0 Å². The highest BCUT2D eigenvalue weighted by molar-refractivity contribution is 8.18. The Morgan fingerprint density at radius 3 is 2.76 bits per heavy atom. The smallest absolute Gasteiger partial charge is 0.326 e. The second-order valence-electron chi connectivity index (χ2n) is 4.90. The minimum Gasteiger partial charge on any atom is -0.484 e. The van der Waals surface area contributed by atoms with Gasteiger partial charge in [0.1, 0.15) is 12.3 Å². The van der Waals surface area contributed by atoms with E-state index in [1.807, 2.05) is 0 Å². The minimum absolute atomic E-state index is 0.170. The zero-order valence-corrected chi connectivity index (χ0v) is 14.2. The monoisotopic (exact) mass is 364 g/mol. The zero-order valence-electron chi connectivity index (χ0n) is 13.4. The summed E-state index contributed by atoms with van der Waals surface area (Å²) in [6, 6.07) is 6.61. The van der Waals surface area contributed by atoms with Gasteiger partial charge >= 0.3 is 5.97 Å². The number of carbonyl (C=O) groups is 4. The zero-order chi connectivity index (χ0) is 18.4. The molecule has 1 heterocycles. The Kier molecular flexibility index (Phi) is 6.18. The average Bonchev–Trinajstić information content (AvgIpc) is 2.81. The number of benzene rings is 1. The van der Waals surface area contributed by atoms with Gasteiger partial charge in [0.05, 0.1) is 11.5 Å². The molecule has 0 bridgehead atoms. The van der Waals surface area contributed by atoms with Gasteiger partial charge in [0.25, 0.3) is 17.1 Å². The molecule has 8 nitrogen and oxygen atoms in total. The molecule has 0 radical (unpaired) electrons. The molecule has 132 valence electrons. The molecule has 0 unspecified atom stereocenters. The maximum atomic E-state index is 12.3. The van der Waals surface area contributed by atoms with Gasteiger partial charge in [0.15, 0.2) is 6.61 Å². The van der Waals surface area contributed by atoms with Gasteiger partial charge in [-0.05, 0) is 42.5 Å². The molecule has 9 heteroatoms. The van der Waals surface area contributed by atoms with Crippen LogP contribution in [0.3, 0.4) is 0 Å². The number of hydrogen-bond donors (Lipinski definition) is 1. The topological polar surface area (TPSA) is 116 Å². The molecular weight excluding hydrogens is 348 g/mol. The van der Waals surface area contributed by atoms with Crippen LogP contribution >= 0.6 is 11.8 Å². The van der Waals surface area contributed by atoms with Crippen molar-refractivity contribution in [2.24, 2.45) is 5.73 Å². The van der Waals surface area contributed by atoms with Gasteiger partial charge < -0.3 is 15.2 Å². The Morgan fingerprint density at radius 1 is 1.32 bits per heavy atom. The Labute approximate surface area is 147 Å². The second kappa shape index (κ2) is 8.34. The van der Waals surface area contributed by atoms with Crippen molar-refractivity contribution >= 4 is 40.9 Å². The fourth-order valence-electron chi connectivity index (χ4n) is 1.97. The van der Waals surface area contributed by atoms with Gasteiger partial charge in [-0.25, -0.2) is 0 Å². The standard InChI is InChI=1S/C16H16N2O6S/c1-2-23-14(20)8-18-15(21)12(25-16(18)22)7-10-4-3-5-11(6-10)24-9-13(17)19/h3-7H,2,8-9H2,1H3,(H2,17,19)/b12-7-. The van der Waals surface area contributed by atoms with Crippen molar-refractivity contribution in [3.05, 3.63) is 34.7 Å². The number of hydrogen-bond acceptors (Lipinski definition) is 7. The molecule has 0 aliphatic carbocycles. The summed E-state index contributed by atoms with van der Waals surface area (Å²) in [5.74, 6) is -1.41. The van der Waals surface area contributed by atoms with Crippen molar-refractivity contribution in [3.8, 4) is 5.75 Å². The lowest BCUT2D eigenvalue weighted by atomic mass is 10.2. The van der Waals surface area contributed by atoms with Crippen LogP contribution in [0.25, 0.3) is 6.08 Å². The fraction of sp³-hybridized carbons (Fsp3) is 0.250. The van der Waals surface area contributed by atoms with Gasteiger partial charge in [0.2, 0.25) is 0 Å². The molecule has 1 aromatic carbocycles. The van der Waals surface area contributed by atoms with E-state index in [2.05, 4.69) is 0 Å². The van der Waals surface area contributed by atoms with E-state index in [9.17, 15) is 19.2 Å². The third-order valence-corrected chi connectivity index (χ3v) is 3.91. The van der Waals surface area contributed by atoms with Crippen molar-refractivity contribution in [2.45, 2.75) is 6.92 Å². The Morgan fingerprint density at radius 2 is 2.08 bits per heavy atom. The highest BCUT2D eigenvalue weighted by atomic mass is 32.2. The van der Waals surface area contributed by atoms with Crippen LogP contribution in [0.2, 0.25) is 0 Å². The van der Waals surface area contributed by atoms with E-state index in [-0.39, 0.29) is 18.1 Å². The summed E-state index contributed by atoms with van der Waals surface area (Å²) in [6.07, 6.45) is 1.51. The number of nitrogens with zero attached hydrogens (tertiary/aromatic N) is 1. The SMILES string of the molecule is CCOC(=O)CN1C(=O)S/C(=C\c2cccc(OCC(N)=O)c2)C1=O. The predicted octanol–water partition coefficient (Wildman–Crippen LogP) is 1.15. The van der Waals surface area contributed by atoms with Gasteiger partial charge in [0, 0.05) is 0 Å². The highest BCUT2D eigenvalue weighted by Gasteiger charge is 2.36. The summed E-state index contributed by atoms with van der Waals surface area (Å²) < 4.78 is 9.93. The Balaban J connectivity index is 2.12. The molecule has 1 saturated heterocycles. The van der Waals surface area contributed by atoms with E-state index >= 15 is 0 Å². The molecule has 0 aromatic heterocycles. The molecular formula is C16H16N2O6S. The van der Waals surface area contributed by atoms with Crippen LogP contribution in [0.15, 0.2) is 29.2 Å².